The third kappa shape index (κ3) is 2.75. The summed E-state index contributed by atoms with van der Waals surface area (Å²) in [5, 5.41) is 0. The molecule has 0 saturated heterocycles. The Bertz CT molecular complexity index is 221. The van der Waals surface area contributed by atoms with Crippen molar-refractivity contribution >= 4 is 5.97 Å². The number of hydrogen-bond donors (Lipinski definition) is 0. The first-order chi connectivity index (χ1) is 4.84. The average Bonchev–Trinajstić information content (AvgIpc) is 2.05. The fraction of sp³-hybridized carbons (Fsp3) is 0.125. The smallest absolute Gasteiger partial charge is 0.337 e. The minimum atomic E-state index is -0.291. The van der Waals surface area contributed by atoms with E-state index in [2.05, 4.69) is 4.74 Å². The molecule has 0 aliphatic rings. The fourth-order valence-corrected chi connectivity index (χ4v) is 0.692. The van der Waals surface area contributed by atoms with Crippen molar-refractivity contribution in [3.63, 3.8) is 0 Å². The van der Waals surface area contributed by atoms with Gasteiger partial charge in [0.05, 0.1) is 12.7 Å². The quantitative estimate of drug-likeness (QED) is 0.624. The van der Waals surface area contributed by atoms with E-state index in [1.165, 1.54) is 7.11 Å². The molecule has 0 heterocycles. The standard InChI is InChI=1S/C8H8O2.Cr/c1-10-8(9)7-5-3-2-4-6-7;/h2-6H,1H3;. The second kappa shape index (κ2) is 4.95. The van der Waals surface area contributed by atoms with Crippen molar-refractivity contribution in [3.05, 3.63) is 35.9 Å². The van der Waals surface area contributed by atoms with Crippen molar-refractivity contribution in [3.8, 4) is 0 Å². The van der Waals surface area contributed by atoms with Crippen molar-refractivity contribution in [2.24, 2.45) is 0 Å². The summed E-state index contributed by atoms with van der Waals surface area (Å²) in [5.74, 6) is -0.291. The molecular weight excluding hydrogens is 180 g/mol. The van der Waals surface area contributed by atoms with E-state index in [-0.39, 0.29) is 23.3 Å². The maximum absolute atomic E-state index is 10.8. The van der Waals surface area contributed by atoms with E-state index in [9.17, 15) is 4.79 Å². The van der Waals surface area contributed by atoms with E-state index in [1.807, 2.05) is 6.07 Å². The van der Waals surface area contributed by atoms with Gasteiger partial charge >= 0.3 is 5.97 Å². The zero-order chi connectivity index (χ0) is 7.40. The molecule has 0 aliphatic carbocycles. The Morgan fingerprint density at radius 2 is 1.82 bits per heavy atom. The molecular formula is C8H8CrO2. The summed E-state index contributed by atoms with van der Waals surface area (Å²) in [6.45, 7) is 0. The molecule has 1 aromatic carbocycles. The molecule has 0 fully saturated rings. The average molecular weight is 188 g/mol. The van der Waals surface area contributed by atoms with Crippen LogP contribution in [0.15, 0.2) is 30.3 Å². The van der Waals surface area contributed by atoms with Crippen LogP contribution in [0.3, 0.4) is 0 Å². The minimum Gasteiger partial charge on any atom is -0.465 e. The third-order valence-electron chi connectivity index (χ3n) is 1.19. The van der Waals surface area contributed by atoms with Crippen molar-refractivity contribution in [1.29, 1.82) is 0 Å². The van der Waals surface area contributed by atoms with Gasteiger partial charge in [-0.1, -0.05) is 18.2 Å². The number of carbonyl (C=O) groups excluding carboxylic acids is 1. The van der Waals surface area contributed by atoms with Crippen LogP contribution in [0, 0.1) is 0 Å². The maximum Gasteiger partial charge on any atom is 0.337 e. The summed E-state index contributed by atoms with van der Waals surface area (Å²) in [4.78, 5) is 10.8. The summed E-state index contributed by atoms with van der Waals surface area (Å²) in [6, 6.07) is 8.88. The third-order valence-corrected chi connectivity index (χ3v) is 1.19. The summed E-state index contributed by atoms with van der Waals surface area (Å²) >= 11 is 0. The second-order valence-corrected chi connectivity index (χ2v) is 1.86. The Morgan fingerprint density at radius 3 is 2.27 bits per heavy atom. The van der Waals surface area contributed by atoms with Gasteiger partial charge in [-0.15, -0.1) is 0 Å². The van der Waals surface area contributed by atoms with Crippen molar-refractivity contribution in [2.75, 3.05) is 7.11 Å². The first kappa shape index (κ1) is 10.2. The van der Waals surface area contributed by atoms with Crippen LogP contribution >= 0.6 is 0 Å². The molecule has 0 N–H and O–H groups in total. The van der Waals surface area contributed by atoms with Crippen LogP contribution in [0.1, 0.15) is 10.4 Å². The summed E-state index contributed by atoms with van der Waals surface area (Å²) < 4.78 is 4.50. The van der Waals surface area contributed by atoms with Gasteiger partial charge in [0.15, 0.2) is 0 Å². The largest absolute Gasteiger partial charge is 0.465 e. The molecule has 11 heavy (non-hydrogen) atoms. The number of methoxy groups -OCH3 is 1. The van der Waals surface area contributed by atoms with E-state index in [4.69, 9.17) is 0 Å². The topological polar surface area (TPSA) is 26.3 Å². The van der Waals surface area contributed by atoms with Gasteiger partial charge in [0.2, 0.25) is 0 Å². The molecule has 1 aromatic rings. The van der Waals surface area contributed by atoms with Crippen LogP contribution in [-0.4, -0.2) is 13.1 Å². The molecule has 1 rings (SSSR count). The number of carbonyl (C=O) groups is 1. The molecule has 0 saturated carbocycles. The van der Waals surface area contributed by atoms with Gasteiger partial charge in [-0.2, -0.15) is 0 Å². The van der Waals surface area contributed by atoms with Gasteiger partial charge in [0, 0.05) is 17.4 Å². The van der Waals surface area contributed by atoms with E-state index in [0.717, 1.165) is 0 Å². The Labute approximate surface area is 76.3 Å². The van der Waals surface area contributed by atoms with Crippen LogP contribution in [0.2, 0.25) is 0 Å². The molecule has 0 spiro atoms. The van der Waals surface area contributed by atoms with E-state index in [0.29, 0.717) is 5.56 Å². The van der Waals surface area contributed by atoms with Crippen molar-refractivity contribution in [1.82, 2.24) is 0 Å². The first-order valence-corrected chi connectivity index (χ1v) is 2.98. The molecule has 0 aromatic heterocycles. The monoisotopic (exact) mass is 188 g/mol. The molecule has 3 heteroatoms. The SMILES string of the molecule is COC(=O)c1ccccc1.[Cr]. The molecule has 0 radical (unpaired) electrons. The van der Waals surface area contributed by atoms with Gasteiger partial charge in [0.25, 0.3) is 0 Å². The Hall–Kier alpha value is -0.778. The van der Waals surface area contributed by atoms with Crippen LogP contribution in [0.4, 0.5) is 0 Å². The summed E-state index contributed by atoms with van der Waals surface area (Å²) in [5.41, 5.74) is 0.588. The zero-order valence-corrected chi connectivity index (χ0v) is 7.39. The van der Waals surface area contributed by atoms with Crippen LogP contribution in [0.5, 0.6) is 0 Å². The Kier molecular flexibility index (Phi) is 4.60. The normalized spacial score (nSPS) is 8.09. The van der Waals surface area contributed by atoms with E-state index < -0.39 is 0 Å². The predicted molar refractivity (Wildman–Crippen MR) is 37.8 cm³/mol. The molecule has 0 atom stereocenters. The van der Waals surface area contributed by atoms with Gasteiger partial charge < -0.3 is 4.74 Å². The number of esters is 1. The van der Waals surface area contributed by atoms with Gasteiger partial charge in [0.1, 0.15) is 0 Å². The van der Waals surface area contributed by atoms with Gasteiger partial charge in [-0.05, 0) is 12.1 Å². The van der Waals surface area contributed by atoms with Crippen LogP contribution in [0.25, 0.3) is 0 Å². The number of rotatable bonds is 1. The summed E-state index contributed by atoms with van der Waals surface area (Å²) in [7, 11) is 1.37. The molecule has 2 nitrogen and oxygen atoms in total. The van der Waals surface area contributed by atoms with E-state index >= 15 is 0 Å². The van der Waals surface area contributed by atoms with E-state index in [1.54, 1.807) is 24.3 Å². The predicted octanol–water partition coefficient (Wildman–Crippen LogP) is 1.47. The number of ether oxygens (including phenoxy) is 1. The van der Waals surface area contributed by atoms with Crippen LogP contribution in [-0.2, 0) is 22.1 Å². The van der Waals surface area contributed by atoms with Gasteiger partial charge in [-0.25, -0.2) is 4.79 Å². The Morgan fingerprint density at radius 1 is 1.27 bits per heavy atom. The van der Waals surface area contributed by atoms with Crippen molar-refractivity contribution in [2.45, 2.75) is 0 Å². The summed E-state index contributed by atoms with van der Waals surface area (Å²) in [6.07, 6.45) is 0. The second-order valence-electron chi connectivity index (χ2n) is 1.86. The Balaban J connectivity index is 0.000001000. The molecule has 0 aliphatic heterocycles. The number of benzene rings is 1. The molecule has 0 unspecified atom stereocenters. The van der Waals surface area contributed by atoms with Crippen molar-refractivity contribution < 1.29 is 26.9 Å². The zero-order valence-electron chi connectivity index (χ0n) is 6.11. The molecule has 0 amide bonds. The molecule has 58 valence electrons. The number of hydrogen-bond acceptors (Lipinski definition) is 2. The maximum atomic E-state index is 10.8. The fourth-order valence-electron chi connectivity index (χ4n) is 0.692. The molecule has 0 bridgehead atoms. The van der Waals surface area contributed by atoms with Crippen LogP contribution < -0.4 is 0 Å². The van der Waals surface area contributed by atoms with Gasteiger partial charge in [-0.3, -0.25) is 0 Å². The first-order valence-electron chi connectivity index (χ1n) is 2.98. The minimum absolute atomic E-state index is 0.